The summed E-state index contributed by atoms with van der Waals surface area (Å²) < 4.78 is 67.8. The highest BCUT2D eigenvalue weighted by molar-refractivity contribution is 4.97. The maximum atomic E-state index is 12.0. The van der Waals surface area contributed by atoms with Crippen molar-refractivity contribution in [2.45, 2.75) is 33.3 Å². The number of halogens is 6. The maximum absolute atomic E-state index is 12.0. The molecular weight excluding hydrogens is 274 g/mol. The van der Waals surface area contributed by atoms with Crippen LogP contribution in [-0.4, -0.2) is 34.0 Å². The molecule has 0 saturated carbocycles. The summed E-state index contributed by atoms with van der Waals surface area (Å²) in [5, 5.41) is 0. The molecule has 0 aliphatic carbocycles. The van der Waals surface area contributed by atoms with Crippen molar-refractivity contribution in [2.24, 2.45) is 5.92 Å². The largest absolute Gasteiger partial charge is 0.378 e. The van der Waals surface area contributed by atoms with Crippen molar-refractivity contribution in [1.29, 1.82) is 0 Å². The number of hydrogen-bond donors (Lipinski definition) is 0. The lowest BCUT2D eigenvalue weighted by molar-refractivity contribution is -0.189. The van der Waals surface area contributed by atoms with Gasteiger partial charge in [0.15, 0.2) is 0 Å². The smallest absolute Gasteiger partial charge is 0.320 e. The second-order valence-corrected chi connectivity index (χ2v) is 3.27. The maximum Gasteiger partial charge on any atom is 0.378 e. The molecular formula is C12H24F6O. The highest BCUT2D eigenvalue weighted by Crippen LogP contribution is 2.21. The average molecular weight is 298 g/mol. The van der Waals surface area contributed by atoms with Gasteiger partial charge >= 0.3 is 6.11 Å². The zero-order chi connectivity index (χ0) is 16.5. The van der Waals surface area contributed by atoms with E-state index in [1.165, 1.54) is 6.92 Å². The van der Waals surface area contributed by atoms with Crippen LogP contribution >= 0.6 is 0 Å². The van der Waals surface area contributed by atoms with Crippen LogP contribution in [0.5, 0.6) is 0 Å². The quantitative estimate of drug-likeness (QED) is 0.507. The Kier molecular flexibility index (Phi) is 27.6. The van der Waals surface area contributed by atoms with Gasteiger partial charge in [-0.25, -0.2) is 8.78 Å². The van der Waals surface area contributed by atoms with E-state index < -0.39 is 13.0 Å². The van der Waals surface area contributed by atoms with Crippen LogP contribution < -0.4 is 0 Å². The zero-order valence-corrected chi connectivity index (χ0v) is 12.1. The van der Waals surface area contributed by atoms with E-state index >= 15 is 0 Å². The van der Waals surface area contributed by atoms with E-state index in [0.717, 1.165) is 13.5 Å². The summed E-state index contributed by atoms with van der Waals surface area (Å²) in [7, 11) is 1.44. The Labute approximate surface area is 111 Å². The Morgan fingerprint density at radius 3 is 1.53 bits per heavy atom. The van der Waals surface area contributed by atoms with Crippen LogP contribution in [0.25, 0.3) is 0 Å². The number of rotatable bonds is 4. The molecule has 0 radical (unpaired) electrons. The van der Waals surface area contributed by atoms with Gasteiger partial charge in [0.1, 0.15) is 0 Å². The first-order valence-corrected chi connectivity index (χ1v) is 5.37. The third-order valence-corrected chi connectivity index (χ3v) is 1.71. The second-order valence-electron chi connectivity index (χ2n) is 3.27. The van der Waals surface area contributed by atoms with E-state index in [1.54, 1.807) is 0 Å². The van der Waals surface area contributed by atoms with Crippen molar-refractivity contribution in [1.82, 2.24) is 0 Å². The predicted molar refractivity (Wildman–Crippen MR) is 66.3 cm³/mol. The third kappa shape index (κ3) is 26.8. The van der Waals surface area contributed by atoms with Crippen LogP contribution in [0.4, 0.5) is 26.3 Å². The summed E-state index contributed by atoms with van der Waals surface area (Å²) in [6, 6.07) is 0. The molecule has 0 aromatic heterocycles. The van der Waals surface area contributed by atoms with Crippen molar-refractivity contribution < 1.29 is 31.1 Å². The third-order valence-electron chi connectivity index (χ3n) is 1.71. The first-order chi connectivity index (χ1) is 8.73. The van der Waals surface area contributed by atoms with Crippen molar-refractivity contribution in [3.05, 3.63) is 12.2 Å². The van der Waals surface area contributed by atoms with Crippen LogP contribution in [0, 0.1) is 5.92 Å². The van der Waals surface area contributed by atoms with Gasteiger partial charge in [0.05, 0.1) is 13.9 Å². The molecule has 0 spiro atoms. The van der Waals surface area contributed by atoms with E-state index in [4.69, 9.17) is 0 Å². The first-order valence-electron chi connectivity index (χ1n) is 5.37. The summed E-state index contributed by atoms with van der Waals surface area (Å²) in [6.07, 6.45) is -2.20. The minimum Gasteiger partial charge on any atom is -0.320 e. The fourth-order valence-corrected chi connectivity index (χ4v) is 0.283. The van der Waals surface area contributed by atoms with Gasteiger partial charge in [0.2, 0.25) is 6.93 Å². The molecule has 0 bridgehead atoms. The Hall–Kier alpha value is -0.720. The molecule has 0 amide bonds. The Balaban J connectivity index is -0.0000000904. The van der Waals surface area contributed by atoms with E-state index in [9.17, 15) is 26.3 Å². The lowest BCUT2D eigenvalue weighted by Gasteiger charge is -2.11. The van der Waals surface area contributed by atoms with E-state index in [1.807, 2.05) is 13.8 Å². The summed E-state index contributed by atoms with van der Waals surface area (Å²) in [5.41, 5.74) is -0.278. The fraction of sp³-hybridized carbons (Fsp3) is 0.833. The Bertz CT molecular complexity index is 172. The normalized spacial score (nSPS) is 10.7. The Morgan fingerprint density at radius 2 is 1.53 bits per heavy atom. The number of ether oxygens (including phenoxy) is 1. The van der Waals surface area contributed by atoms with Crippen molar-refractivity contribution in [3.63, 3.8) is 0 Å². The van der Waals surface area contributed by atoms with Gasteiger partial charge in [0.25, 0.3) is 0 Å². The molecule has 19 heavy (non-hydrogen) atoms. The van der Waals surface area contributed by atoms with Crippen LogP contribution in [0.15, 0.2) is 12.2 Å². The topological polar surface area (TPSA) is 9.23 Å². The minimum atomic E-state index is -3.15. The summed E-state index contributed by atoms with van der Waals surface area (Å²) in [5.74, 6) is 0.269. The summed E-state index contributed by atoms with van der Waals surface area (Å²) in [4.78, 5) is 0. The molecule has 0 rings (SSSR count). The molecule has 120 valence electrons. The molecule has 0 aromatic rings. The minimum absolute atomic E-state index is 0.170. The van der Waals surface area contributed by atoms with Crippen LogP contribution in [-0.2, 0) is 4.74 Å². The lowest BCUT2D eigenvalue weighted by Crippen LogP contribution is -2.18. The van der Waals surface area contributed by atoms with E-state index in [2.05, 4.69) is 11.3 Å². The van der Waals surface area contributed by atoms with Gasteiger partial charge in [-0.2, -0.15) is 8.78 Å². The molecule has 0 saturated heterocycles. The molecule has 0 N–H and O–H groups in total. The van der Waals surface area contributed by atoms with Gasteiger partial charge in [0, 0.05) is 12.7 Å². The van der Waals surface area contributed by atoms with Crippen LogP contribution in [0.2, 0.25) is 0 Å². The predicted octanol–water partition coefficient (Wildman–Crippen LogP) is 5.27. The molecule has 0 aliphatic rings. The standard InChI is InChI=1S/C5H8F2O.C5H11F.CH2F2.CH3F/c1-4(2)5(6,7)8-3;1-3-5(2)4-6;2-1-3;1-2/h1H2,2-3H3;5H,3-4H2,1-2H3;1H2;1H3. The fourth-order valence-electron chi connectivity index (χ4n) is 0.283. The average Bonchev–Trinajstić information content (AvgIpc) is 2.41. The molecule has 7 heteroatoms. The summed E-state index contributed by atoms with van der Waals surface area (Å²) >= 11 is 0. The molecule has 1 nitrogen and oxygen atoms in total. The first kappa shape index (κ1) is 26.8. The van der Waals surface area contributed by atoms with Gasteiger partial charge < -0.3 is 4.74 Å². The molecule has 0 fully saturated rings. The number of hydrogen-bond acceptors (Lipinski definition) is 1. The second kappa shape index (κ2) is 19.6. The summed E-state index contributed by atoms with van der Waals surface area (Å²) in [6.45, 7) is 6.21. The van der Waals surface area contributed by atoms with Gasteiger partial charge in [-0.1, -0.05) is 26.8 Å². The van der Waals surface area contributed by atoms with Crippen molar-refractivity contribution in [3.8, 4) is 0 Å². The molecule has 0 aliphatic heterocycles. The lowest BCUT2D eigenvalue weighted by atomic mass is 10.1. The molecule has 0 heterocycles. The number of alkyl halides is 6. The van der Waals surface area contributed by atoms with Gasteiger partial charge in [-0.3, -0.25) is 8.78 Å². The van der Waals surface area contributed by atoms with Gasteiger partial charge in [-0.05, 0) is 12.8 Å². The Morgan fingerprint density at radius 1 is 1.21 bits per heavy atom. The molecule has 0 aromatic carbocycles. The van der Waals surface area contributed by atoms with Crippen molar-refractivity contribution in [2.75, 3.05) is 27.9 Å². The molecule has 1 unspecified atom stereocenters. The number of methoxy groups -OCH3 is 1. The molecule has 1 atom stereocenters. The van der Waals surface area contributed by atoms with Gasteiger partial charge in [-0.15, -0.1) is 0 Å². The highest BCUT2D eigenvalue weighted by Gasteiger charge is 2.28. The van der Waals surface area contributed by atoms with Crippen molar-refractivity contribution >= 4 is 0 Å². The monoisotopic (exact) mass is 298 g/mol. The highest BCUT2D eigenvalue weighted by atomic mass is 19.3. The van der Waals surface area contributed by atoms with E-state index in [0.29, 0.717) is 7.18 Å². The van der Waals surface area contributed by atoms with Crippen LogP contribution in [0.1, 0.15) is 27.2 Å². The SMILES string of the molecule is C=C(C)C(F)(F)OC.CCC(C)CF.CF.FCF. The van der Waals surface area contributed by atoms with E-state index in [-0.39, 0.29) is 18.2 Å². The zero-order valence-electron chi connectivity index (χ0n) is 12.1. The van der Waals surface area contributed by atoms with Crippen LogP contribution in [0.3, 0.4) is 0 Å².